The van der Waals surface area contributed by atoms with Crippen molar-refractivity contribution in [3.8, 4) is 5.75 Å². The standard InChI is InChI=1S/C17H28N2O/c1-5-15-12-19(16(10-18-15)13(2)3)11-14-8-6-7-9-17(14)20-4/h6-9,13,15-16,18H,5,10-12H2,1-4H3. The van der Waals surface area contributed by atoms with Crippen LogP contribution in [0.5, 0.6) is 5.75 Å². The van der Waals surface area contributed by atoms with E-state index < -0.39 is 0 Å². The normalized spacial score (nSPS) is 24.1. The van der Waals surface area contributed by atoms with Gasteiger partial charge < -0.3 is 10.1 Å². The minimum atomic E-state index is 0.600. The molecule has 0 saturated carbocycles. The Morgan fingerprint density at radius 1 is 1.35 bits per heavy atom. The Kier molecular flexibility index (Phi) is 5.44. The number of nitrogens with one attached hydrogen (secondary N) is 1. The molecule has 0 aliphatic carbocycles. The maximum Gasteiger partial charge on any atom is 0.123 e. The molecule has 1 heterocycles. The molecule has 1 aliphatic heterocycles. The Bertz CT molecular complexity index is 419. The Morgan fingerprint density at radius 2 is 2.10 bits per heavy atom. The van der Waals surface area contributed by atoms with E-state index in [1.807, 2.05) is 6.07 Å². The molecule has 1 N–H and O–H groups in total. The summed E-state index contributed by atoms with van der Waals surface area (Å²) in [6.45, 7) is 10.1. The molecule has 1 fully saturated rings. The van der Waals surface area contributed by atoms with Crippen LogP contribution in [0.2, 0.25) is 0 Å². The number of rotatable bonds is 5. The van der Waals surface area contributed by atoms with E-state index in [9.17, 15) is 0 Å². The number of ether oxygens (including phenoxy) is 1. The molecule has 1 saturated heterocycles. The average molecular weight is 276 g/mol. The lowest BCUT2D eigenvalue weighted by Crippen LogP contribution is -2.57. The summed E-state index contributed by atoms with van der Waals surface area (Å²) in [5, 5.41) is 3.67. The van der Waals surface area contributed by atoms with Gasteiger partial charge in [-0.2, -0.15) is 0 Å². The van der Waals surface area contributed by atoms with Gasteiger partial charge in [-0.15, -0.1) is 0 Å². The first-order chi connectivity index (χ1) is 9.65. The monoisotopic (exact) mass is 276 g/mol. The van der Waals surface area contributed by atoms with E-state index in [1.165, 1.54) is 12.0 Å². The molecule has 1 aromatic carbocycles. The molecule has 1 aliphatic rings. The molecule has 2 atom stereocenters. The number of benzene rings is 1. The fraction of sp³-hybridized carbons (Fsp3) is 0.647. The Labute approximate surface area is 123 Å². The van der Waals surface area contributed by atoms with E-state index in [0.717, 1.165) is 25.4 Å². The Morgan fingerprint density at radius 3 is 2.75 bits per heavy atom. The highest BCUT2D eigenvalue weighted by atomic mass is 16.5. The molecule has 2 unspecified atom stereocenters. The van der Waals surface area contributed by atoms with Gasteiger partial charge in [0.1, 0.15) is 5.75 Å². The van der Waals surface area contributed by atoms with Gasteiger partial charge in [-0.1, -0.05) is 39.0 Å². The van der Waals surface area contributed by atoms with Crippen LogP contribution in [-0.4, -0.2) is 37.2 Å². The summed E-state index contributed by atoms with van der Waals surface area (Å²) in [4.78, 5) is 2.62. The molecule has 3 heteroatoms. The third-order valence-corrected chi connectivity index (χ3v) is 4.37. The highest BCUT2D eigenvalue weighted by molar-refractivity contribution is 5.33. The molecule has 1 aromatic rings. The maximum absolute atomic E-state index is 5.49. The summed E-state index contributed by atoms with van der Waals surface area (Å²) in [6, 6.07) is 9.58. The molecule has 0 aromatic heterocycles. The van der Waals surface area contributed by atoms with Crippen molar-refractivity contribution in [3.63, 3.8) is 0 Å². The van der Waals surface area contributed by atoms with Crippen LogP contribution in [-0.2, 0) is 6.54 Å². The lowest BCUT2D eigenvalue weighted by molar-refractivity contribution is 0.0892. The summed E-state index contributed by atoms with van der Waals surface area (Å²) in [6.07, 6.45) is 1.19. The number of methoxy groups -OCH3 is 1. The van der Waals surface area contributed by atoms with Crippen molar-refractivity contribution >= 4 is 0 Å². The number of hydrogen-bond donors (Lipinski definition) is 1. The van der Waals surface area contributed by atoms with Crippen LogP contribution in [0.15, 0.2) is 24.3 Å². The Hall–Kier alpha value is -1.06. The van der Waals surface area contributed by atoms with E-state index in [1.54, 1.807) is 7.11 Å². The van der Waals surface area contributed by atoms with Crippen molar-refractivity contribution in [1.82, 2.24) is 10.2 Å². The van der Waals surface area contributed by atoms with Crippen LogP contribution in [0.25, 0.3) is 0 Å². The van der Waals surface area contributed by atoms with Gasteiger partial charge in [0, 0.05) is 37.3 Å². The first-order valence-electron chi connectivity index (χ1n) is 7.75. The lowest BCUT2D eigenvalue weighted by atomic mass is 9.97. The third kappa shape index (κ3) is 3.53. The highest BCUT2D eigenvalue weighted by Gasteiger charge is 2.29. The quantitative estimate of drug-likeness (QED) is 0.895. The largest absolute Gasteiger partial charge is 0.496 e. The minimum Gasteiger partial charge on any atom is -0.496 e. The van der Waals surface area contributed by atoms with Gasteiger partial charge in [0.15, 0.2) is 0 Å². The minimum absolute atomic E-state index is 0.600. The average Bonchev–Trinajstić information content (AvgIpc) is 2.47. The lowest BCUT2D eigenvalue weighted by Gasteiger charge is -2.42. The number of piperazine rings is 1. The zero-order valence-corrected chi connectivity index (χ0v) is 13.2. The van der Waals surface area contributed by atoms with Gasteiger partial charge in [-0.25, -0.2) is 0 Å². The molecule has 3 nitrogen and oxygen atoms in total. The molecular formula is C17H28N2O. The summed E-state index contributed by atoms with van der Waals surface area (Å²) in [5.74, 6) is 1.66. The second kappa shape index (κ2) is 7.09. The van der Waals surface area contributed by atoms with Gasteiger partial charge in [-0.05, 0) is 18.4 Å². The number of hydrogen-bond acceptors (Lipinski definition) is 3. The maximum atomic E-state index is 5.49. The third-order valence-electron chi connectivity index (χ3n) is 4.37. The number of para-hydroxylation sites is 1. The van der Waals surface area contributed by atoms with Crippen LogP contribution in [0.4, 0.5) is 0 Å². The summed E-state index contributed by atoms with van der Waals surface area (Å²) in [7, 11) is 1.76. The van der Waals surface area contributed by atoms with Crippen molar-refractivity contribution in [2.45, 2.75) is 45.8 Å². The smallest absolute Gasteiger partial charge is 0.123 e. The fourth-order valence-electron chi connectivity index (χ4n) is 3.06. The van der Waals surface area contributed by atoms with Crippen LogP contribution < -0.4 is 10.1 Å². The SMILES string of the molecule is CCC1CN(Cc2ccccc2OC)C(C(C)C)CN1. The van der Waals surface area contributed by atoms with Crippen molar-refractivity contribution in [1.29, 1.82) is 0 Å². The van der Waals surface area contributed by atoms with Crippen molar-refractivity contribution in [3.05, 3.63) is 29.8 Å². The van der Waals surface area contributed by atoms with Crippen molar-refractivity contribution in [2.24, 2.45) is 5.92 Å². The second-order valence-electron chi connectivity index (χ2n) is 6.07. The van der Waals surface area contributed by atoms with Gasteiger partial charge in [0.05, 0.1) is 7.11 Å². The first-order valence-corrected chi connectivity index (χ1v) is 7.75. The zero-order chi connectivity index (χ0) is 14.5. The van der Waals surface area contributed by atoms with E-state index >= 15 is 0 Å². The van der Waals surface area contributed by atoms with Gasteiger partial charge in [0.25, 0.3) is 0 Å². The fourth-order valence-corrected chi connectivity index (χ4v) is 3.06. The van der Waals surface area contributed by atoms with E-state index in [2.05, 4.69) is 49.2 Å². The van der Waals surface area contributed by atoms with Crippen molar-refractivity contribution < 1.29 is 4.74 Å². The highest BCUT2D eigenvalue weighted by Crippen LogP contribution is 2.24. The predicted molar refractivity (Wildman–Crippen MR) is 84.1 cm³/mol. The predicted octanol–water partition coefficient (Wildman–Crippen LogP) is 2.90. The van der Waals surface area contributed by atoms with E-state index in [0.29, 0.717) is 18.0 Å². The zero-order valence-electron chi connectivity index (χ0n) is 13.2. The number of nitrogens with zero attached hydrogens (tertiary/aromatic N) is 1. The van der Waals surface area contributed by atoms with E-state index in [4.69, 9.17) is 4.74 Å². The van der Waals surface area contributed by atoms with Crippen LogP contribution in [0, 0.1) is 5.92 Å². The van der Waals surface area contributed by atoms with Crippen LogP contribution >= 0.6 is 0 Å². The molecule has 2 rings (SSSR count). The van der Waals surface area contributed by atoms with Crippen LogP contribution in [0.3, 0.4) is 0 Å². The summed E-state index contributed by atoms with van der Waals surface area (Å²) >= 11 is 0. The van der Waals surface area contributed by atoms with Gasteiger partial charge >= 0.3 is 0 Å². The van der Waals surface area contributed by atoms with Gasteiger partial charge in [-0.3, -0.25) is 4.90 Å². The molecule has 0 bridgehead atoms. The molecule has 112 valence electrons. The molecule has 0 radical (unpaired) electrons. The molecule has 0 spiro atoms. The van der Waals surface area contributed by atoms with Gasteiger partial charge in [0.2, 0.25) is 0 Å². The first kappa shape index (κ1) is 15.3. The van der Waals surface area contributed by atoms with Crippen LogP contribution in [0.1, 0.15) is 32.8 Å². The van der Waals surface area contributed by atoms with Crippen molar-refractivity contribution in [2.75, 3.05) is 20.2 Å². The Balaban J connectivity index is 2.14. The molecule has 20 heavy (non-hydrogen) atoms. The topological polar surface area (TPSA) is 24.5 Å². The summed E-state index contributed by atoms with van der Waals surface area (Å²) in [5.41, 5.74) is 1.29. The summed E-state index contributed by atoms with van der Waals surface area (Å²) < 4.78 is 5.49. The second-order valence-corrected chi connectivity index (χ2v) is 6.07. The molecular weight excluding hydrogens is 248 g/mol. The van der Waals surface area contributed by atoms with E-state index in [-0.39, 0.29) is 0 Å². The molecule has 0 amide bonds.